The number of hydrogen-bond donors (Lipinski definition) is 0. The average molecular weight is 733 g/mol. The maximum atomic E-state index is 12.7. The molecule has 1 unspecified atom stereocenters. The molecule has 0 saturated heterocycles. The molecule has 0 aliphatic carbocycles. The van der Waals surface area contributed by atoms with Gasteiger partial charge in [-0.2, -0.15) is 0 Å². The Morgan fingerprint density at radius 3 is 1.12 bits per heavy atom. The Morgan fingerprint density at radius 2 is 0.712 bits per heavy atom. The molecule has 304 valence electrons. The highest BCUT2D eigenvalue weighted by molar-refractivity contribution is 5.71. The topological polar surface area (TPSA) is 78.9 Å². The first-order valence-electron chi connectivity index (χ1n) is 22.3. The van der Waals surface area contributed by atoms with Crippen LogP contribution in [-0.2, 0) is 28.6 Å². The predicted octanol–water partition coefficient (Wildman–Crippen LogP) is 14.0. The molecule has 0 aliphatic rings. The third-order valence-corrected chi connectivity index (χ3v) is 9.71. The second-order valence-electron chi connectivity index (χ2n) is 15.0. The first kappa shape index (κ1) is 49.9. The lowest BCUT2D eigenvalue weighted by atomic mass is 10.1. The molecule has 0 aliphatic heterocycles. The first-order valence-corrected chi connectivity index (χ1v) is 22.3. The van der Waals surface area contributed by atoms with Crippen molar-refractivity contribution in [3.8, 4) is 0 Å². The van der Waals surface area contributed by atoms with E-state index in [0.717, 1.165) is 77.0 Å². The van der Waals surface area contributed by atoms with E-state index in [-0.39, 0.29) is 31.1 Å². The first-order chi connectivity index (χ1) is 25.5. The van der Waals surface area contributed by atoms with Gasteiger partial charge in [-0.1, -0.05) is 193 Å². The van der Waals surface area contributed by atoms with Gasteiger partial charge in [0.15, 0.2) is 6.10 Å². The minimum Gasteiger partial charge on any atom is -0.462 e. The minimum absolute atomic E-state index is 0.0723. The van der Waals surface area contributed by atoms with Gasteiger partial charge in [0.1, 0.15) is 13.2 Å². The van der Waals surface area contributed by atoms with Gasteiger partial charge >= 0.3 is 17.9 Å². The summed E-state index contributed by atoms with van der Waals surface area (Å²) >= 11 is 0. The fourth-order valence-corrected chi connectivity index (χ4v) is 6.28. The van der Waals surface area contributed by atoms with Crippen LogP contribution in [-0.4, -0.2) is 37.2 Å². The molecule has 0 aromatic rings. The van der Waals surface area contributed by atoms with Crippen LogP contribution in [0.25, 0.3) is 0 Å². The van der Waals surface area contributed by atoms with Gasteiger partial charge < -0.3 is 14.2 Å². The van der Waals surface area contributed by atoms with Gasteiger partial charge in [0.05, 0.1) is 0 Å². The molecule has 6 heteroatoms. The normalized spacial score (nSPS) is 12.1. The Morgan fingerprint density at radius 1 is 0.385 bits per heavy atom. The van der Waals surface area contributed by atoms with Gasteiger partial charge in [-0.15, -0.1) is 0 Å². The van der Waals surface area contributed by atoms with Gasteiger partial charge in [0.25, 0.3) is 0 Å². The molecule has 0 heterocycles. The monoisotopic (exact) mass is 733 g/mol. The van der Waals surface area contributed by atoms with Crippen LogP contribution < -0.4 is 0 Å². The van der Waals surface area contributed by atoms with Crippen LogP contribution >= 0.6 is 0 Å². The van der Waals surface area contributed by atoms with E-state index in [9.17, 15) is 14.4 Å². The number of carbonyl (C=O) groups excluding carboxylic acids is 3. The smallest absolute Gasteiger partial charge is 0.306 e. The number of allylic oxidation sites excluding steroid dienone is 4. The third-order valence-electron chi connectivity index (χ3n) is 9.71. The van der Waals surface area contributed by atoms with E-state index in [1.807, 2.05) is 0 Å². The largest absolute Gasteiger partial charge is 0.462 e. The molecule has 0 spiro atoms. The molecule has 0 amide bonds. The molecule has 52 heavy (non-hydrogen) atoms. The average Bonchev–Trinajstić information content (AvgIpc) is 3.14. The number of unbranched alkanes of at least 4 members (excludes halogenated alkanes) is 25. The molecule has 1 atom stereocenters. The predicted molar refractivity (Wildman–Crippen MR) is 219 cm³/mol. The maximum Gasteiger partial charge on any atom is 0.306 e. The van der Waals surface area contributed by atoms with Gasteiger partial charge in [0, 0.05) is 19.3 Å². The van der Waals surface area contributed by atoms with Gasteiger partial charge in [-0.25, -0.2) is 0 Å². The Balaban J connectivity index is 4.35. The van der Waals surface area contributed by atoms with Crippen molar-refractivity contribution in [2.45, 2.75) is 239 Å². The van der Waals surface area contributed by atoms with E-state index in [0.29, 0.717) is 19.3 Å². The molecule has 0 fully saturated rings. The van der Waals surface area contributed by atoms with Crippen molar-refractivity contribution in [3.63, 3.8) is 0 Å². The van der Waals surface area contributed by atoms with Crippen molar-refractivity contribution >= 4 is 17.9 Å². The van der Waals surface area contributed by atoms with Crippen LogP contribution in [0.3, 0.4) is 0 Å². The molecule has 0 rings (SSSR count). The van der Waals surface area contributed by atoms with Crippen LogP contribution in [0.4, 0.5) is 0 Å². The number of rotatable bonds is 40. The molecular weight excluding hydrogens is 648 g/mol. The fraction of sp³-hybridized carbons (Fsp3) is 0.848. The minimum atomic E-state index is -0.767. The molecule has 6 nitrogen and oxygen atoms in total. The highest BCUT2D eigenvalue weighted by Crippen LogP contribution is 2.14. The van der Waals surface area contributed by atoms with Crippen LogP contribution in [0.1, 0.15) is 233 Å². The van der Waals surface area contributed by atoms with Gasteiger partial charge in [-0.05, 0) is 44.9 Å². The SMILES string of the molecule is CCCC/C=C\C/C=C\CCCCCCCC(=O)OCC(COC(=O)CCCCCCCCCCC)OC(=O)CCCCCCCCCCCCC. The zero-order valence-electron chi connectivity index (χ0n) is 34.6. The summed E-state index contributed by atoms with van der Waals surface area (Å²) in [6, 6.07) is 0. The number of esters is 3. The van der Waals surface area contributed by atoms with E-state index in [1.165, 1.54) is 116 Å². The van der Waals surface area contributed by atoms with Crippen molar-refractivity contribution in [2.24, 2.45) is 0 Å². The van der Waals surface area contributed by atoms with Crippen LogP contribution in [0, 0.1) is 0 Å². The fourth-order valence-electron chi connectivity index (χ4n) is 6.28. The molecule has 0 bridgehead atoms. The van der Waals surface area contributed by atoms with Gasteiger partial charge in [-0.3, -0.25) is 14.4 Å². The van der Waals surface area contributed by atoms with Crippen molar-refractivity contribution in [3.05, 3.63) is 24.3 Å². The standard InChI is InChI=1S/C46H84O6/c1-4-7-10-13-16-19-21-22-23-25-27-30-33-36-39-45(48)51-42-43(41-50-44(47)38-35-32-29-26-18-15-12-9-6-3)52-46(49)40-37-34-31-28-24-20-17-14-11-8-5-2/h13,16,21-22,43H,4-12,14-15,17-20,23-42H2,1-3H3/b16-13-,22-21-. The van der Waals surface area contributed by atoms with E-state index in [4.69, 9.17) is 14.2 Å². The highest BCUT2D eigenvalue weighted by atomic mass is 16.6. The lowest BCUT2D eigenvalue weighted by Gasteiger charge is -2.18. The molecule has 0 N–H and O–H groups in total. The Bertz CT molecular complexity index is 850. The summed E-state index contributed by atoms with van der Waals surface area (Å²) in [5, 5.41) is 0. The molecule has 0 aromatic heterocycles. The Labute approximate surface area is 322 Å². The summed E-state index contributed by atoms with van der Waals surface area (Å²) in [6.45, 7) is 6.56. The number of hydrogen-bond acceptors (Lipinski definition) is 6. The summed E-state index contributed by atoms with van der Waals surface area (Å²) in [4.78, 5) is 37.6. The third kappa shape index (κ3) is 39.1. The summed E-state index contributed by atoms with van der Waals surface area (Å²) in [5.74, 6) is -0.886. The van der Waals surface area contributed by atoms with Crippen LogP contribution in [0.15, 0.2) is 24.3 Å². The Hall–Kier alpha value is -2.11. The molecule has 0 aromatic carbocycles. The maximum absolute atomic E-state index is 12.7. The molecule has 0 saturated carbocycles. The summed E-state index contributed by atoms with van der Waals surface area (Å²) < 4.78 is 16.7. The summed E-state index contributed by atoms with van der Waals surface area (Å²) in [7, 11) is 0. The number of ether oxygens (including phenoxy) is 3. The lowest BCUT2D eigenvalue weighted by molar-refractivity contribution is -0.167. The van der Waals surface area contributed by atoms with Crippen LogP contribution in [0.5, 0.6) is 0 Å². The zero-order valence-corrected chi connectivity index (χ0v) is 34.6. The van der Waals surface area contributed by atoms with Crippen molar-refractivity contribution in [1.29, 1.82) is 0 Å². The zero-order chi connectivity index (χ0) is 38.0. The lowest BCUT2D eigenvalue weighted by Crippen LogP contribution is -2.30. The summed E-state index contributed by atoms with van der Waals surface area (Å²) in [5.41, 5.74) is 0. The second-order valence-corrected chi connectivity index (χ2v) is 15.0. The van der Waals surface area contributed by atoms with Crippen LogP contribution in [0.2, 0.25) is 0 Å². The van der Waals surface area contributed by atoms with Gasteiger partial charge in [0.2, 0.25) is 0 Å². The van der Waals surface area contributed by atoms with E-state index < -0.39 is 6.10 Å². The molecule has 0 radical (unpaired) electrons. The van der Waals surface area contributed by atoms with E-state index in [1.54, 1.807) is 0 Å². The Kier molecular flexibility index (Phi) is 40.0. The van der Waals surface area contributed by atoms with E-state index >= 15 is 0 Å². The highest BCUT2D eigenvalue weighted by Gasteiger charge is 2.19. The van der Waals surface area contributed by atoms with Crippen molar-refractivity contribution in [2.75, 3.05) is 13.2 Å². The van der Waals surface area contributed by atoms with Crippen molar-refractivity contribution in [1.82, 2.24) is 0 Å². The number of carbonyl (C=O) groups is 3. The van der Waals surface area contributed by atoms with E-state index in [2.05, 4.69) is 45.1 Å². The summed E-state index contributed by atoms with van der Waals surface area (Å²) in [6.07, 6.45) is 44.4. The second kappa shape index (κ2) is 41.6. The van der Waals surface area contributed by atoms with Crippen molar-refractivity contribution < 1.29 is 28.6 Å². The molecular formula is C46H84O6. The quantitative estimate of drug-likeness (QED) is 0.0270.